The summed E-state index contributed by atoms with van der Waals surface area (Å²) in [5, 5.41) is 0. The quantitative estimate of drug-likeness (QED) is 0.692. The Morgan fingerprint density at radius 3 is 2.07 bits per heavy atom. The third-order valence-electron chi connectivity index (χ3n) is 3.34. The SMILES string of the molecule is CCC(C)c1c(C)nc(C)c(C)c1C. The lowest BCUT2D eigenvalue weighted by atomic mass is 9.90. The molecule has 0 radical (unpaired) electrons. The molecule has 0 amide bonds. The maximum atomic E-state index is 4.60. The lowest BCUT2D eigenvalue weighted by Crippen LogP contribution is -2.05. The predicted molar refractivity (Wildman–Crippen MR) is 61.9 cm³/mol. The predicted octanol–water partition coefficient (Wildman–Crippen LogP) is 3.83. The minimum absolute atomic E-state index is 0.627. The smallest absolute Gasteiger partial charge is 0.0413 e. The Labute approximate surface area is 87.6 Å². The van der Waals surface area contributed by atoms with Crippen molar-refractivity contribution in [1.29, 1.82) is 0 Å². The van der Waals surface area contributed by atoms with Crippen molar-refractivity contribution in [2.75, 3.05) is 0 Å². The van der Waals surface area contributed by atoms with Crippen molar-refractivity contribution in [1.82, 2.24) is 4.98 Å². The molecule has 0 saturated heterocycles. The summed E-state index contributed by atoms with van der Waals surface area (Å²) in [4.78, 5) is 4.60. The van der Waals surface area contributed by atoms with Gasteiger partial charge in [-0.1, -0.05) is 13.8 Å². The van der Waals surface area contributed by atoms with Gasteiger partial charge in [-0.25, -0.2) is 0 Å². The first-order chi connectivity index (χ1) is 6.49. The summed E-state index contributed by atoms with van der Waals surface area (Å²) in [6.07, 6.45) is 1.19. The minimum atomic E-state index is 0.627. The fourth-order valence-electron chi connectivity index (χ4n) is 2.07. The van der Waals surface area contributed by atoms with E-state index >= 15 is 0 Å². The van der Waals surface area contributed by atoms with Gasteiger partial charge in [0.2, 0.25) is 0 Å². The fraction of sp³-hybridized carbons (Fsp3) is 0.615. The Kier molecular flexibility index (Phi) is 3.30. The molecule has 1 heterocycles. The van der Waals surface area contributed by atoms with Gasteiger partial charge in [0.05, 0.1) is 0 Å². The van der Waals surface area contributed by atoms with Crippen LogP contribution in [0.15, 0.2) is 0 Å². The van der Waals surface area contributed by atoms with Crippen LogP contribution in [0.2, 0.25) is 0 Å². The van der Waals surface area contributed by atoms with Crippen LogP contribution < -0.4 is 0 Å². The van der Waals surface area contributed by atoms with Crippen LogP contribution in [0.1, 0.15) is 54.3 Å². The van der Waals surface area contributed by atoms with E-state index in [1.165, 1.54) is 34.5 Å². The van der Waals surface area contributed by atoms with E-state index in [0.29, 0.717) is 5.92 Å². The zero-order chi connectivity index (χ0) is 10.9. The molecule has 1 heteroatoms. The average Bonchev–Trinajstić information content (AvgIpc) is 2.14. The van der Waals surface area contributed by atoms with Crippen molar-refractivity contribution in [2.24, 2.45) is 0 Å². The normalized spacial score (nSPS) is 13.0. The highest BCUT2D eigenvalue weighted by Crippen LogP contribution is 2.27. The number of nitrogens with zero attached hydrogens (tertiary/aromatic N) is 1. The first kappa shape index (κ1) is 11.2. The molecular weight excluding hydrogens is 170 g/mol. The lowest BCUT2D eigenvalue weighted by molar-refractivity contribution is 0.713. The van der Waals surface area contributed by atoms with E-state index in [-0.39, 0.29) is 0 Å². The van der Waals surface area contributed by atoms with Crippen molar-refractivity contribution in [3.63, 3.8) is 0 Å². The zero-order valence-corrected chi connectivity index (χ0v) is 10.2. The molecule has 0 aromatic carbocycles. The highest BCUT2D eigenvalue weighted by Gasteiger charge is 2.13. The fourth-order valence-corrected chi connectivity index (χ4v) is 2.07. The molecule has 0 aliphatic heterocycles. The second kappa shape index (κ2) is 4.12. The van der Waals surface area contributed by atoms with Gasteiger partial charge in [-0.2, -0.15) is 0 Å². The molecule has 0 aliphatic carbocycles. The van der Waals surface area contributed by atoms with E-state index in [0.717, 1.165) is 0 Å². The highest BCUT2D eigenvalue weighted by molar-refractivity contribution is 5.40. The molecule has 0 fully saturated rings. The van der Waals surface area contributed by atoms with E-state index in [1.807, 2.05) is 0 Å². The van der Waals surface area contributed by atoms with Gasteiger partial charge in [-0.15, -0.1) is 0 Å². The van der Waals surface area contributed by atoms with E-state index in [4.69, 9.17) is 0 Å². The molecule has 1 aromatic heterocycles. The summed E-state index contributed by atoms with van der Waals surface area (Å²) < 4.78 is 0. The zero-order valence-electron chi connectivity index (χ0n) is 10.2. The van der Waals surface area contributed by atoms with E-state index in [9.17, 15) is 0 Å². The summed E-state index contributed by atoms with van der Waals surface area (Å²) in [5.74, 6) is 0.627. The van der Waals surface area contributed by atoms with Crippen molar-refractivity contribution >= 4 is 0 Å². The first-order valence-corrected chi connectivity index (χ1v) is 5.43. The maximum Gasteiger partial charge on any atom is 0.0413 e. The Balaban J connectivity index is 3.36. The Bertz CT molecular complexity index is 340. The largest absolute Gasteiger partial charge is 0.258 e. The minimum Gasteiger partial charge on any atom is -0.258 e. The Morgan fingerprint density at radius 1 is 1.00 bits per heavy atom. The summed E-state index contributed by atoms with van der Waals surface area (Å²) in [7, 11) is 0. The third kappa shape index (κ3) is 1.82. The lowest BCUT2D eigenvalue weighted by Gasteiger charge is -2.18. The van der Waals surface area contributed by atoms with Gasteiger partial charge in [0.1, 0.15) is 0 Å². The molecule has 0 N–H and O–H groups in total. The monoisotopic (exact) mass is 191 g/mol. The molecule has 78 valence electrons. The molecule has 1 atom stereocenters. The Hall–Kier alpha value is -0.850. The number of rotatable bonds is 2. The highest BCUT2D eigenvalue weighted by atomic mass is 14.7. The first-order valence-electron chi connectivity index (χ1n) is 5.43. The van der Waals surface area contributed by atoms with Crippen LogP contribution in [0.5, 0.6) is 0 Å². The van der Waals surface area contributed by atoms with Crippen molar-refractivity contribution in [3.05, 3.63) is 28.1 Å². The number of aryl methyl sites for hydroxylation is 2. The second-order valence-electron chi connectivity index (χ2n) is 4.26. The van der Waals surface area contributed by atoms with E-state index in [1.54, 1.807) is 0 Å². The molecule has 14 heavy (non-hydrogen) atoms. The summed E-state index contributed by atoms with van der Waals surface area (Å²) in [5.41, 5.74) is 6.62. The molecule has 1 nitrogen and oxygen atoms in total. The molecule has 1 aromatic rings. The van der Waals surface area contributed by atoms with E-state index in [2.05, 4.69) is 46.5 Å². The van der Waals surface area contributed by atoms with Gasteiger partial charge < -0.3 is 0 Å². The number of hydrogen-bond acceptors (Lipinski definition) is 1. The molecule has 1 rings (SSSR count). The molecule has 0 aliphatic rings. The van der Waals surface area contributed by atoms with Gasteiger partial charge in [0.25, 0.3) is 0 Å². The maximum absolute atomic E-state index is 4.60. The molecule has 0 bridgehead atoms. The third-order valence-corrected chi connectivity index (χ3v) is 3.34. The number of aromatic nitrogens is 1. The van der Waals surface area contributed by atoms with Crippen LogP contribution in [0.3, 0.4) is 0 Å². The van der Waals surface area contributed by atoms with Gasteiger partial charge in [-0.3, -0.25) is 4.98 Å². The summed E-state index contributed by atoms with van der Waals surface area (Å²) in [6, 6.07) is 0. The molecule has 1 unspecified atom stereocenters. The van der Waals surface area contributed by atoms with Gasteiger partial charge in [0.15, 0.2) is 0 Å². The molecule has 0 spiro atoms. The molecular formula is C13H21N. The standard InChI is InChI=1S/C13H21N/c1-7-8(2)13-10(4)9(3)11(5)14-12(13)6/h8H,7H2,1-6H3. The summed E-state index contributed by atoms with van der Waals surface area (Å²) >= 11 is 0. The van der Waals surface area contributed by atoms with Crippen LogP contribution in [0.4, 0.5) is 0 Å². The van der Waals surface area contributed by atoms with Crippen molar-refractivity contribution < 1.29 is 0 Å². The van der Waals surface area contributed by atoms with Crippen LogP contribution in [0.25, 0.3) is 0 Å². The Morgan fingerprint density at radius 2 is 1.57 bits per heavy atom. The van der Waals surface area contributed by atoms with Gasteiger partial charge in [-0.05, 0) is 56.7 Å². The van der Waals surface area contributed by atoms with Gasteiger partial charge >= 0.3 is 0 Å². The van der Waals surface area contributed by atoms with E-state index < -0.39 is 0 Å². The average molecular weight is 191 g/mol. The van der Waals surface area contributed by atoms with Crippen LogP contribution in [0, 0.1) is 27.7 Å². The second-order valence-corrected chi connectivity index (χ2v) is 4.26. The van der Waals surface area contributed by atoms with Crippen LogP contribution >= 0.6 is 0 Å². The van der Waals surface area contributed by atoms with Crippen LogP contribution in [-0.4, -0.2) is 4.98 Å². The number of pyridine rings is 1. The molecule has 0 saturated carbocycles. The number of hydrogen-bond donors (Lipinski definition) is 0. The van der Waals surface area contributed by atoms with Gasteiger partial charge in [0, 0.05) is 11.4 Å². The topological polar surface area (TPSA) is 12.9 Å². The summed E-state index contributed by atoms with van der Waals surface area (Å²) in [6.45, 7) is 13.1. The van der Waals surface area contributed by atoms with Crippen molar-refractivity contribution in [3.8, 4) is 0 Å². The van der Waals surface area contributed by atoms with Crippen LogP contribution in [-0.2, 0) is 0 Å². The van der Waals surface area contributed by atoms with Crippen molar-refractivity contribution in [2.45, 2.75) is 53.9 Å².